The van der Waals surface area contributed by atoms with E-state index in [1.807, 2.05) is 48.5 Å². The fourth-order valence-corrected chi connectivity index (χ4v) is 4.85. The molecule has 5 heteroatoms. The van der Waals surface area contributed by atoms with Gasteiger partial charge in [0.2, 0.25) is 0 Å². The predicted molar refractivity (Wildman–Crippen MR) is 134 cm³/mol. The van der Waals surface area contributed by atoms with Crippen LogP contribution in [0.15, 0.2) is 77.7 Å². The van der Waals surface area contributed by atoms with Crippen molar-refractivity contribution in [2.75, 3.05) is 13.1 Å². The van der Waals surface area contributed by atoms with Gasteiger partial charge in [-0.25, -0.2) is 0 Å². The van der Waals surface area contributed by atoms with Crippen LogP contribution in [0.2, 0.25) is 5.02 Å². The molecular formula is C27H29ClN2OS. The third kappa shape index (κ3) is 6.86. The summed E-state index contributed by atoms with van der Waals surface area (Å²) in [5.41, 5.74) is 4.34. The van der Waals surface area contributed by atoms with Crippen LogP contribution in [0.25, 0.3) is 0 Å². The lowest BCUT2D eigenvalue weighted by Crippen LogP contribution is -2.29. The van der Waals surface area contributed by atoms with E-state index in [4.69, 9.17) is 11.6 Å². The minimum atomic E-state index is -0.0423. The highest BCUT2D eigenvalue weighted by atomic mass is 35.5. The Hall–Kier alpha value is -2.27. The van der Waals surface area contributed by atoms with Gasteiger partial charge in [-0.15, -0.1) is 11.8 Å². The first kappa shape index (κ1) is 22.9. The molecular weight excluding hydrogens is 436 g/mol. The Morgan fingerprint density at radius 2 is 1.44 bits per heavy atom. The van der Waals surface area contributed by atoms with E-state index in [0.717, 1.165) is 22.9 Å². The maximum atomic E-state index is 12.5. The number of carbonyl (C=O) groups is 1. The van der Waals surface area contributed by atoms with Gasteiger partial charge in [0, 0.05) is 34.3 Å². The van der Waals surface area contributed by atoms with Gasteiger partial charge in [0.1, 0.15) is 0 Å². The fourth-order valence-electron chi connectivity index (χ4n) is 3.87. The summed E-state index contributed by atoms with van der Waals surface area (Å²) in [7, 11) is 0. The number of likely N-dealkylation sites (tertiary alicyclic amines) is 1. The van der Waals surface area contributed by atoms with Crippen LogP contribution in [0.3, 0.4) is 0 Å². The van der Waals surface area contributed by atoms with Crippen LogP contribution in [0.1, 0.15) is 46.3 Å². The molecule has 3 aromatic carbocycles. The zero-order valence-corrected chi connectivity index (χ0v) is 19.8. The van der Waals surface area contributed by atoms with Gasteiger partial charge < -0.3 is 5.32 Å². The van der Waals surface area contributed by atoms with Crippen LogP contribution in [0.4, 0.5) is 0 Å². The summed E-state index contributed by atoms with van der Waals surface area (Å²) in [6.45, 7) is 3.97. The molecule has 1 N–H and O–H groups in total. The van der Waals surface area contributed by atoms with Crippen molar-refractivity contribution in [3.8, 4) is 0 Å². The van der Waals surface area contributed by atoms with Crippen molar-refractivity contribution in [2.24, 2.45) is 0 Å². The van der Waals surface area contributed by atoms with Crippen molar-refractivity contribution in [1.29, 1.82) is 0 Å². The van der Waals surface area contributed by atoms with Gasteiger partial charge in [-0.1, -0.05) is 54.4 Å². The lowest BCUT2D eigenvalue weighted by Gasteiger charge is -2.26. The number of benzene rings is 3. The molecule has 166 valence electrons. The second-order valence-corrected chi connectivity index (χ2v) is 9.76. The molecule has 1 aliphatic heterocycles. The van der Waals surface area contributed by atoms with Crippen LogP contribution in [-0.2, 0) is 18.8 Å². The molecule has 0 bridgehead atoms. The molecule has 0 unspecified atom stereocenters. The Bertz CT molecular complexity index is 997. The molecule has 0 atom stereocenters. The van der Waals surface area contributed by atoms with E-state index in [1.54, 1.807) is 11.8 Å². The maximum Gasteiger partial charge on any atom is 0.251 e. The predicted octanol–water partition coefficient (Wildman–Crippen LogP) is 6.55. The first-order valence-electron chi connectivity index (χ1n) is 11.2. The Morgan fingerprint density at radius 1 is 0.812 bits per heavy atom. The average Bonchev–Trinajstić information content (AvgIpc) is 2.84. The van der Waals surface area contributed by atoms with Crippen molar-refractivity contribution >= 4 is 29.3 Å². The standard InChI is InChI=1S/C27H29ClN2OS/c28-25-12-14-26(15-13-25)32-20-23-8-10-24(11-9-23)27(31)29-18-21-4-6-22(7-5-21)19-30-16-2-1-3-17-30/h4-15H,1-3,16-20H2,(H,29,31). The van der Waals surface area contributed by atoms with Crippen molar-refractivity contribution in [3.63, 3.8) is 0 Å². The third-order valence-corrected chi connectivity index (χ3v) is 7.10. The Labute approximate surface area is 200 Å². The van der Waals surface area contributed by atoms with Crippen LogP contribution < -0.4 is 5.32 Å². The Morgan fingerprint density at radius 3 is 2.12 bits per heavy atom. The number of hydrogen-bond donors (Lipinski definition) is 1. The van der Waals surface area contributed by atoms with Gasteiger partial charge in [0.15, 0.2) is 0 Å². The van der Waals surface area contributed by atoms with Gasteiger partial charge in [0.05, 0.1) is 0 Å². The number of nitrogens with one attached hydrogen (secondary N) is 1. The summed E-state index contributed by atoms with van der Waals surface area (Å²) >= 11 is 7.69. The van der Waals surface area contributed by atoms with E-state index < -0.39 is 0 Å². The largest absolute Gasteiger partial charge is 0.348 e. The highest BCUT2D eigenvalue weighted by Gasteiger charge is 2.10. The average molecular weight is 465 g/mol. The normalized spacial score (nSPS) is 14.3. The third-order valence-electron chi connectivity index (χ3n) is 5.77. The van der Waals surface area contributed by atoms with Crippen molar-refractivity contribution in [2.45, 2.75) is 43.0 Å². The molecule has 1 fully saturated rings. The Kier molecular flexibility index (Phi) is 8.27. The van der Waals surface area contributed by atoms with E-state index in [0.29, 0.717) is 12.1 Å². The smallest absolute Gasteiger partial charge is 0.251 e. The highest BCUT2D eigenvalue weighted by molar-refractivity contribution is 7.98. The number of halogens is 1. The molecule has 1 saturated heterocycles. The van der Waals surface area contributed by atoms with Gasteiger partial charge in [-0.05, 0) is 79.0 Å². The van der Waals surface area contributed by atoms with E-state index in [1.165, 1.54) is 48.4 Å². The summed E-state index contributed by atoms with van der Waals surface area (Å²) in [5, 5.41) is 3.78. The molecule has 1 aliphatic rings. The number of rotatable bonds is 8. The van der Waals surface area contributed by atoms with Crippen molar-refractivity contribution in [3.05, 3.63) is 100 Å². The first-order chi connectivity index (χ1) is 15.7. The zero-order valence-electron chi connectivity index (χ0n) is 18.2. The molecule has 3 aromatic rings. The summed E-state index contributed by atoms with van der Waals surface area (Å²) in [5.74, 6) is 0.812. The van der Waals surface area contributed by atoms with Gasteiger partial charge in [-0.3, -0.25) is 9.69 Å². The number of carbonyl (C=O) groups excluding carboxylic acids is 1. The van der Waals surface area contributed by atoms with Gasteiger partial charge >= 0.3 is 0 Å². The van der Waals surface area contributed by atoms with E-state index >= 15 is 0 Å². The van der Waals surface area contributed by atoms with E-state index in [2.05, 4.69) is 34.5 Å². The van der Waals surface area contributed by atoms with Crippen LogP contribution >= 0.6 is 23.4 Å². The number of hydrogen-bond acceptors (Lipinski definition) is 3. The SMILES string of the molecule is O=C(NCc1ccc(CN2CCCCC2)cc1)c1ccc(CSc2ccc(Cl)cc2)cc1. The molecule has 0 spiro atoms. The van der Waals surface area contributed by atoms with Crippen LogP contribution in [0.5, 0.6) is 0 Å². The molecule has 0 saturated carbocycles. The lowest BCUT2D eigenvalue weighted by atomic mass is 10.1. The number of thioether (sulfide) groups is 1. The molecule has 0 aromatic heterocycles. The van der Waals surface area contributed by atoms with E-state index in [9.17, 15) is 4.79 Å². The van der Waals surface area contributed by atoms with Gasteiger partial charge in [-0.2, -0.15) is 0 Å². The number of amides is 1. The molecule has 1 amide bonds. The maximum absolute atomic E-state index is 12.5. The van der Waals surface area contributed by atoms with Gasteiger partial charge in [0.25, 0.3) is 5.91 Å². The number of piperidine rings is 1. The first-order valence-corrected chi connectivity index (χ1v) is 12.6. The monoisotopic (exact) mass is 464 g/mol. The second kappa shape index (κ2) is 11.6. The summed E-state index contributed by atoms with van der Waals surface area (Å²) in [6, 6.07) is 24.3. The molecule has 32 heavy (non-hydrogen) atoms. The zero-order chi connectivity index (χ0) is 22.2. The summed E-state index contributed by atoms with van der Waals surface area (Å²) < 4.78 is 0. The van der Waals surface area contributed by atoms with E-state index in [-0.39, 0.29) is 5.91 Å². The lowest BCUT2D eigenvalue weighted by molar-refractivity contribution is 0.0951. The topological polar surface area (TPSA) is 32.3 Å². The van der Waals surface area contributed by atoms with Crippen LogP contribution in [-0.4, -0.2) is 23.9 Å². The molecule has 0 radical (unpaired) electrons. The minimum Gasteiger partial charge on any atom is -0.348 e. The minimum absolute atomic E-state index is 0.0423. The van der Waals surface area contributed by atoms with Crippen molar-refractivity contribution in [1.82, 2.24) is 10.2 Å². The molecule has 3 nitrogen and oxygen atoms in total. The quantitative estimate of drug-likeness (QED) is 0.384. The molecule has 4 rings (SSSR count). The Balaban J connectivity index is 1.23. The van der Waals surface area contributed by atoms with Crippen molar-refractivity contribution < 1.29 is 4.79 Å². The summed E-state index contributed by atoms with van der Waals surface area (Å²) in [6.07, 6.45) is 3.98. The number of nitrogens with zero attached hydrogens (tertiary/aromatic N) is 1. The van der Waals surface area contributed by atoms with Crippen LogP contribution in [0, 0.1) is 0 Å². The summed E-state index contributed by atoms with van der Waals surface area (Å²) in [4.78, 5) is 16.2. The molecule has 0 aliphatic carbocycles. The second-order valence-electron chi connectivity index (χ2n) is 8.28. The highest BCUT2D eigenvalue weighted by Crippen LogP contribution is 2.24. The molecule has 1 heterocycles. The fraction of sp³-hybridized carbons (Fsp3) is 0.296.